The maximum atomic E-state index is 9.98. The normalized spacial score (nSPS) is 10.5. The van der Waals surface area contributed by atoms with Gasteiger partial charge < -0.3 is 0 Å². The van der Waals surface area contributed by atoms with Gasteiger partial charge >= 0.3 is 0 Å². The summed E-state index contributed by atoms with van der Waals surface area (Å²) in [6.45, 7) is 1.97. The molecule has 0 aliphatic heterocycles. The Morgan fingerprint density at radius 2 is 2.15 bits per heavy atom. The molecule has 0 aromatic heterocycles. The zero-order chi connectivity index (χ0) is 9.68. The van der Waals surface area contributed by atoms with E-state index in [0.29, 0.717) is 0 Å². The van der Waals surface area contributed by atoms with Crippen LogP contribution in [0, 0.1) is 17.0 Å². The Hall–Kier alpha value is -1.29. The largest absolute Gasteiger partial charge is 0.259 e. The minimum atomic E-state index is -0.467. The Morgan fingerprint density at radius 1 is 1.46 bits per heavy atom. The van der Waals surface area contributed by atoms with Crippen LogP contribution < -0.4 is 0 Å². The second kappa shape index (κ2) is 4.67. The highest BCUT2D eigenvalue weighted by molar-refractivity contribution is 8.02. The van der Waals surface area contributed by atoms with E-state index >= 15 is 0 Å². The van der Waals surface area contributed by atoms with Crippen LogP contribution in [0.2, 0.25) is 0 Å². The summed E-state index contributed by atoms with van der Waals surface area (Å²) in [6, 6.07) is 7.76. The SMILES string of the molecule is Cc1ccccc1SC=C[N+](=O)[O-]. The Morgan fingerprint density at radius 3 is 2.77 bits per heavy atom. The fourth-order valence-corrected chi connectivity index (χ4v) is 1.56. The van der Waals surface area contributed by atoms with Crippen molar-refractivity contribution in [3.8, 4) is 0 Å². The van der Waals surface area contributed by atoms with Crippen LogP contribution in [0.1, 0.15) is 5.56 Å². The molecule has 0 unspecified atom stereocenters. The molecule has 0 fully saturated rings. The molecule has 0 spiro atoms. The van der Waals surface area contributed by atoms with Gasteiger partial charge in [0.1, 0.15) is 0 Å². The molecule has 1 aromatic rings. The number of benzene rings is 1. The van der Waals surface area contributed by atoms with E-state index in [4.69, 9.17) is 0 Å². The van der Waals surface area contributed by atoms with Crippen molar-refractivity contribution in [2.24, 2.45) is 0 Å². The van der Waals surface area contributed by atoms with Gasteiger partial charge in [-0.1, -0.05) is 30.0 Å². The van der Waals surface area contributed by atoms with E-state index in [1.807, 2.05) is 31.2 Å². The van der Waals surface area contributed by atoms with Gasteiger partial charge in [-0.15, -0.1) is 0 Å². The van der Waals surface area contributed by atoms with Gasteiger partial charge in [-0.2, -0.15) is 0 Å². The quantitative estimate of drug-likeness (QED) is 0.423. The molecule has 13 heavy (non-hydrogen) atoms. The molecule has 0 amide bonds. The molecule has 1 rings (SSSR count). The van der Waals surface area contributed by atoms with E-state index in [1.54, 1.807) is 0 Å². The Kier molecular flexibility index (Phi) is 3.52. The molecule has 0 saturated carbocycles. The predicted octanol–water partition coefficient (Wildman–Crippen LogP) is 2.84. The first-order valence-corrected chi connectivity index (χ1v) is 4.60. The van der Waals surface area contributed by atoms with Gasteiger partial charge in [0.25, 0.3) is 0 Å². The highest BCUT2D eigenvalue weighted by Crippen LogP contribution is 2.22. The van der Waals surface area contributed by atoms with Gasteiger partial charge in [0.15, 0.2) is 0 Å². The van der Waals surface area contributed by atoms with Crippen molar-refractivity contribution in [2.45, 2.75) is 11.8 Å². The summed E-state index contributed by atoms with van der Waals surface area (Å²) in [5, 5.41) is 11.5. The molecular weight excluding hydrogens is 186 g/mol. The van der Waals surface area contributed by atoms with Gasteiger partial charge in [-0.25, -0.2) is 0 Å². The molecule has 4 heteroatoms. The van der Waals surface area contributed by atoms with Crippen LogP contribution >= 0.6 is 11.8 Å². The van der Waals surface area contributed by atoms with Crippen LogP contribution in [-0.4, -0.2) is 4.92 Å². The van der Waals surface area contributed by atoms with Crippen molar-refractivity contribution >= 4 is 11.8 Å². The summed E-state index contributed by atoms with van der Waals surface area (Å²) in [4.78, 5) is 10.6. The Bertz CT molecular complexity index is 336. The van der Waals surface area contributed by atoms with Crippen molar-refractivity contribution in [1.29, 1.82) is 0 Å². The Labute approximate surface area is 80.6 Å². The molecule has 0 heterocycles. The molecule has 0 radical (unpaired) electrons. The monoisotopic (exact) mass is 195 g/mol. The maximum Gasteiger partial charge on any atom is 0.241 e. The van der Waals surface area contributed by atoms with E-state index in [2.05, 4.69) is 0 Å². The van der Waals surface area contributed by atoms with Gasteiger partial charge in [-0.3, -0.25) is 10.1 Å². The first-order chi connectivity index (χ1) is 6.20. The first kappa shape index (κ1) is 9.80. The second-order valence-corrected chi connectivity index (χ2v) is 3.40. The topological polar surface area (TPSA) is 43.1 Å². The van der Waals surface area contributed by atoms with Gasteiger partial charge in [0.05, 0.1) is 4.92 Å². The van der Waals surface area contributed by atoms with Gasteiger partial charge in [0.2, 0.25) is 6.20 Å². The lowest BCUT2D eigenvalue weighted by Crippen LogP contribution is -1.81. The molecule has 0 N–H and O–H groups in total. The summed E-state index contributed by atoms with van der Waals surface area (Å²) in [5.41, 5.74) is 1.13. The Balaban J connectivity index is 2.64. The minimum Gasteiger partial charge on any atom is -0.259 e. The minimum absolute atomic E-state index is 0.467. The average Bonchev–Trinajstić information content (AvgIpc) is 2.08. The molecule has 0 atom stereocenters. The third-order valence-corrected chi connectivity index (χ3v) is 2.44. The zero-order valence-corrected chi connectivity index (χ0v) is 7.95. The third-order valence-electron chi connectivity index (χ3n) is 1.47. The van der Waals surface area contributed by atoms with Crippen LogP contribution in [0.25, 0.3) is 0 Å². The summed E-state index contributed by atoms with van der Waals surface area (Å²) in [6.07, 6.45) is 0.942. The fraction of sp³-hybridized carbons (Fsp3) is 0.111. The van der Waals surface area contributed by atoms with Crippen LogP contribution in [0.3, 0.4) is 0 Å². The van der Waals surface area contributed by atoms with E-state index in [-0.39, 0.29) is 0 Å². The lowest BCUT2D eigenvalue weighted by molar-refractivity contribution is -0.402. The maximum absolute atomic E-state index is 9.98. The number of nitrogens with zero attached hydrogens (tertiary/aromatic N) is 1. The molecule has 3 nitrogen and oxygen atoms in total. The van der Waals surface area contributed by atoms with E-state index < -0.39 is 4.92 Å². The molecule has 0 bridgehead atoms. The second-order valence-electron chi connectivity index (χ2n) is 2.45. The predicted molar refractivity (Wildman–Crippen MR) is 53.2 cm³/mol. The molecule has 1 aromatic carbocycles. The molecule has 0 aliphatic carbocycles. The van der Waals surface area contributed by atoms with Crippen molar-refractivity contribution in [1.82, 2.24) is 0 Å². The van der Waals surface area contributed by atoms with Crippen molar-refractivity contribution in [2.75, 3.05) is 0 Å². The third kappa shape index (κ3) is 3.29. The molecular formula is C9H9NO2S. The fourth-order valence-electron chi connectivity index (χ4n) is 0.842. The van der Waals surface area contributed by atoms with Crippen molar-refractivity contribution in [3.63, 3.8) is 0 Å². The summed E-state index contributed by atoms with van der Waals surface area (Å²) in [7, 11) is 0. The van der Waals surface area contributed by atoms with Crippen LogP contribution in [-0.2, 0) is 0 Å². The number of hydrogen-bond donors (Lipinski definition) is 0. The molecule has 68 valence electrons. The summed E-state index contributed by atoms with van der Waals surface area (Å²) >= 11 is 1.35. The van der Waals surface area contributed by atoms with Gasteiger partial charge in [0, 0.05) is 10.3 Å². The molecule has 0 saturated heterocycles. The van der Waals surface area contributed by atoms with E-state index in [9.17, 15) is 10.1 Å². The zero-order valence-electron chi connectivity index (χ0n) is 7.14. The average molecular weight is 195 g/mol. The lowest BCUT2D eigenvalue weighted by atomic mass is 10.2. The van der Waals surface area contributed by atoms with E-state index in [0.717, 1.165) is 16.7 Å². The summed E-state index contributed by atoms with van der Waals surface area (Å²) < 4.78 is 0. The van der Waals surface area contributed by atoms with Crippen LogP contribution in [0.4, 0.5) is 0 Å². The number of nitro groups is 1. The van der Waals surface area contributed by atoms with Crippen LogP contribution in [0.5, 0.6) is 0 Å². The number of rotatable bonds is 3. The number of thioether (sulfide) groups is 1. The first-order valence-electron chi connectivity index (χ1n) is 3.72. The van der Waals surface area contributed by atoms with Crippen LogP contribution in [0.15, 0.2) is 40.8 Å². The highest BCUT2D eigenvalue weighted by atomic mass is 32.2. The standard InChI is InChI=1S/C9H9NO2S/c1-8-4-2-3-5-9(8)13-7-6-10(11)12/h2-7H,1H3. The number of hydrogen-bond acceptors (Lipinski definition) is 3. The van der Waals surface area contributed by atoms with E-state index in [1.165, 1.54) is 17.2 Å². The number of aryl methyl sites for hydroxylation is 1. The van der Waals surface area contributed by atoms with Crippen molar-refractivity contribution in [3.05, 3.63) is 51.6 Å². The van der Waals surface area contributed by atoms with Gasteiger partial charge in [-0.05, 0) is 18.6 Å². The molecule has 0 aliphatic rings. The smallest absolute Gasteiger partial charge is 0.241 e. The van der Waals surface area contributed by atoms with Crippen molar-refractivity contribution < 1.29 is 4.92 Å². The summed E-state index contributed by atoms with van der Waals surface area (Å²) in [5.74, 6) is 0. The highest BCUT2D eigenvalue weighted by Gasteiger charge is 1.94. The lowest BCUT2D eigenvalue weighted by Gasteiger charge is -1.98.